The zero-order valence-corrected chi connectivity index (χ0v) is 13.1. The van der Waals surface area contributed by atoms with Crippen LogP contribution in [0.1, 0.15) is 5.56 Å². The molecule has 0 aliphatic heterocycles. The minimum absolute atomic E-state index is 0.0855. The topological polar surface area (TPSA) is 18.5 Å². The molecule has 0 unspecified atom stereocenters. The Morgan fingerprint density at radius 3 is 2.50 bits per heavy atom. The molecule has 1 aromatic carbocycles. The maximum atomic E-state index is 13.4. The Morgan fingerprint density at radius 2 is 1.94 bits per heavy atom. The third-order valence-corrected chi connectivity index (χ3v) is 4.73. The van der Waals surface area contributed by atoms with Crippen molar-refractivity contribution in [3.8, 4) is 5.75 Å². The minimum Gasteiger partial charge on any atom is -0.496 e. The Kier molecular flexibility index (Phi) is 5.63. The van der Waals surface area contributed by atoms with Crippen molar-refractivity contribution >= 4 is 19.7 Å². The van der Waals surface area contributed by atoms with Crippen molar-refractivity contribution in [1.29, 1.82) is 0 Å². The highest BCUT2D eigenvalue weighted by atomic mass is 35.5. The molecule has 0 bridgehead atoms. The van der Waals surface area contributed by atoms with Crippen LogP contribution in [0.4, 0.5) is 4.39 Å². The van der Waals surface area contributed by atoms with Gasteiger partial charge < -0.3 is 9.47 Å². The summed E-state index contributed by atoms with van der Waals surface area (Å²) in [6.45, 7) is 7.81. The van der Waals surface area contributed by atoms with E-state index in [2.05, 4.69) is 19.6 Å². The molecule has 102 valence electrons. The highest BCUT2D eigenvalue weighted by Crippen LogP contribution is 2.29. The second kappa shape index (κ2) is 6.54. The van der Waals surface area contributed by atoms with Gasteiger partial charge in [-0.15, -0.1) is 0 Å². The molecule has 0 N–H and O–H groups in total. The van der Waals surface area contributed by atoms with Gasteiger partial charge in [0, 0.05) is 20.2 Å². The largest absolute Gasteiger partial charge is 0.496 e. The molecule has 0 aliphatic rings. The minimum atomic E-state index is -1.11. The number of rotatable bonds is 6. The van der Waals surface area contributed by atoms with E-state index < -0.39 is 13.9 Å². The SMILES string of the molecule is COc1ccc(F)c(Cl)c1COCC[Si](C)(C)C. The fourth-order valence-electron chi connectivity index (χ4n) is 1.45. The predicted octanol–water partition coefficient (Wildman–Crippen LogP) is 4.34. The van der Waals surface area contributed by atoms with Gasteiger partial charge in [-0.2, -0.15) is 0 Å². The average Bonchev–Trinajstić information content (AvgIpc) is 2.28. The highest BCUT2D eigenvalue weighted by Gasteiger charge is 2.15. The van der Waals surface area contributed by atoms with Crippen molar-refractivity contribution in [2.24, 2.45) is 0 Å². The van der Waals surface area contributed by atoms with Crippen LogP contribution in [-0.4, -0.2) is 21.8 Å². The molecule has 5 heteroatoms. The van der Waals surface area contributed by atoms with Crippen LogP contribution in [0.25, 0.3) is 0 Å². The van der Waals surface area contributed by atoms with Crippen LogP contribution in [0, 0.1) is 5.82 Å². The third-order valence-electron chi connectivity index (χ3n) is 2.62. The van der Waals surface area contributed by atoms with Crippen LogP contribution in [0.3, 0.4) is 0 Å². The second-order valence-electron chi connectivity index (χ2n) is 5.41. The summed E-state index contributed by atoms with van der Waals surface area (Å²) in [6.07, 6.45) is 0. The Hall–Kier alpha value is -0.583. The lowest BCUT2D eigenvalue weighted by molar-refractivity contribution is 0.131. The predicted molar refractivity (Wildman–Crippen MR) is 75.8 cm³/mol. The highest BCUT2D eigenvalue weighted by molar-refractivity contribution is 6.76. The molecular weight excluding hydrogens is 271 g/mol. The summed E-state index contributed by atoms with van der Waals surface area (Å²) < 4.78 is 24.1. The first kappa shape index (κ1) is 15.5. The van der Waals surface area contributed by atoms with Gasteiger partial charge in [-0.3, -0.25) is 0 Å². The summed E-state index contributed by atoms with van der Waals surface area (Å²) >= 11 is 5.92. The van der Waals surface area contributed by atoms with Gasteiger partial charge in [0.25, 0.3) is 0 Å². The third kappa shape index (κ3) is 4.59. The molecule has 1 rings (SSSR count). The van der Waals surface area contributed by atoms with Crippen molar-refractivity contribution in [2.75, 3.05) is 13.7 Å². The van der Waals surface area contributed by atoms with Crippen LogP contribution < -0.4 is 4.74 Å². The first-order valence-corrected chi connectivity index (χ1v) is 10.0. The molecule has 0 aliphatic carbocycles. The van der Waals surface area contributed by atoms with Gasteiger partial charge in [-0.1, -0.05) is 31.2 Å². The molecule has 0 aromatic heterocycles. The summed E-state index contributed by atoms with van der Waals surface area (Å²) in [4.78, 5) is 0. The van der Waals surface area contributed by atoms with Gasteiger partial charge in [-0.25, -0.2) is 4.39 Å². The quantitative estimate of drug-likeness (QED) is 0.573. The summed E-state index contributed by atoms with van der Waals surface area (Å²) in [5.41, 5.74) is 0.578. The van der Waals surface area contributed by atoms with Crippen LogP contribution in [-0.2, 0) is 11.3 Å². The van der Waals surface area contributed by atoms with E-state index in [4.69, 9.17) is 21.1 Å². The maximum absolute atomic E-state index is 13.4. The summed E-state index contributed by atoms with van der Waals surface area (Å²) in [5.74, 6) is 0.121. The van der Waals surface area contributed by atoms with E-state index in [-0.39, 0.29) is 11.6 Å². The number of benzene rings is 1. The van der Waals surface area contributed by atoms with Crippen molar-refractivity contribution in [3.05, 3.63) is 28.5 Å². The van der Waals surface area contributed by atoms with Crippen molar-refractivity contribution in [1.82, 2.24) is 0 Å². The Labute approximate surface area is 114 Å². The van der Waals surface area contributed by atoms with E-state index >= 15 is 0 Å². The molecular formula is C13H20ClFO2Si. The molecule has 0 heterocycles. The monoisotopic (exact) mass is 290 g/mol. The summed E-state index contributed by atoms with van der Waals surface area (Å²) in [5, 5.41) is 0.0855. The van der Waals surface area contributed by atoms with E-state index in [1.165, 1.54) is 13.2 Å². The summed E-state index contributed by atoms with van der Waals surface area (Å²) in [7, 11) is 0.432. The van der Waals surface area contributed by atoms with E-state index in [0.29, 0.717) is 17.9 Å². The van der Waals surface area contributed by atoms with Gasteiger partial charge in [0.15, 0.2) is 0 Å². The fourth-order valence-corrected chi connectivity index (χ4v) is 2.42. The lowest BCUT2D eigenvalue weighted by Crippen LogP contribution is -2.21. The molecule has 0 saturated heterocycles. The molecule has 1 aromatic rings. The Bertz CT molecular complexity index is 405. The fraction of sp³-hybridized carbons (Fsp3) is 0.538. The molecule has 0 amide bonds. The van der Waals surface area contributed by atoms with E-state index in [1.807, 2.05) is 0 Å². The molecule has 0 atom stereocenters. The maximum Gasteiger partial charge on any atom is 0.142 e. The Balaban J connectivity index is 2.64. The van der Waals surface area contributed by atoms with E-state index in [9.17, 15) is 4.39 Å². The normalized spacial score (nSPS) is 11.7. The first-order chi connectivity index (χ1) is 8.35. The van der Waals surface area contributed by atoms with Crippen LogP contribution in [0.15, 0.2) is 12.1 Å². The van der Waals surface area contributed by atoms with Crippen molar-refractivity contribution in [2.45, 2.75) is 32.3 Å². The zero-order valence-electron chi connectivity index (χ0n) is 11.3. The van der Waals surface area contributed by atoms with Gasteiger partial charge in [0.1, 0.15) is 11.6 Å². The average molecular weight is 291 g/mol. The lowest BCUT2D eigenvalue weighted by atomic mass is 10.2. The zero-order chi connectivity index (χ0) is 13.8. The van der Waals surface area contributed by atoms with E-state index in [0.717, 1.165) is 6.04 Å². The van der Waals surface area contributed by atoms with Gasteiger partial charge in [0.05, 0.1) is 18.7 Å². The van der Waals surface area contributed by atoms with Gasteiger partial charge in [-0.05, 0) is 18.2 Å². The van der Waals surface area contributed by atoms with Crippen molar-refractivity contribution in [3.63, 3.8) is 0 Å². The number of hydrogen-bond donors (Lipinski definition) is 0. The molecule has 0 saturated carbocycles. The number of ether oxygens (including phenoxy) is 2. The molecule has 0 spiro atoms. The van der Waals surface area contributed by atoms with Crippen LogP contribution in [0.2, 0.25) is 30.7 Å². The van der Waals surface area contributed by atoms with Crippen LogP contribution in [0.5, 0.6) is 5.75 Å². The van der Waals surface area contributed by atoms with E-state index in [1.54, 1.807) is 6.07 Å². The smallest absolute Gasteiger partial charge is 0.142 e. The van der Waals surface area contributed by atoms with Gasteiger partial charge in [0.2, 0.25) is 0 Å². The van der Waals surface area contributed by atoms with Crippen LogP contribution >= 0.6 is 11.6 Å². The lowest BCUT2D eigenvalue weighted by Gasteiger charge is -2.16. The van der Waals surface area contributed by atoms with Gasteiger partial charge >= 0.3 is 0 Å². The molecule has 2 nitrogen and oxygen atoms in total. The second-order valence-corrected chi connectivity index (χ2v) is 11.4. The molecule has 18 heavy (non-hydrogen) atoms. The molecule has 0 radical (unpaired) electrons. The summed E-state index contributed by atoms with van der Waals surface area (Å²) in [6, 6.07) is 3.94. The standard InChI is InChI=1S/C13H20ClFO2Si/c1-16-12-6-5-11(15)13(14)10(12)9-17-7-8-18(2,3)4/h5-6H,7-9H2,1-4H3. The van der Waals surface area contributed by atoms with Crippen molar-refractivity contribution < 1.29 is 13.9 Å². The number of hydrogen-bond acceptors (Lipinski definition) is 2. The number of halogens is 2. The number of methoxy groups -OCH3 is 1. The first-order valence-electron chi connectivity index (χ1n) is 5.94. The molecule has 0 fully saturated rings. The Morgan fingerprint density at radius 1 is 1.28 bits per heavy atom.